The van der Waals surface area contributed by atoms with Crippen LogP contribution in [-0.2, 0) is 9.53 Å². The largest absolute Gasteiger partial charge is 0.376 e. The van der Waals surface area contributed by atoms with Crippen molar-refractivity contribution >= 4 is 5.91 Å². The summed E-state index contributed by atoms with van der Waals surface area (Å²) in [7, 11) is 0. The number of hydrogen-bond donors (Lipinski definition) is 1. The van der Waals surface area contributed by atoms with E-state index in [4.69, 9.17) is 10.5 Å². The van der Waals surface area contributed by atoms with E-state index in [9.17, 15) is 4.79 Å². The van der Waals surface area contributed by atoms with Gasteiger partial charge in [-0.15, -0.1) is 0 Å². The molecule has 0 aromatic carbocycles. The van der Waals surface area contributed by atoms with E-state index < -0.39 is 0 Å². The molecule has 0 unspecified atom stereocenters. The number of likely N-dealkylation sites (tertiary alicyclic amines) is 1. The van der Waals surface area contributed by atoms with Crippen LogP contribution in [0, 0.1) is 0 Å². The molecule has 1 rings (SSSR count). The van der Waals surface area contributed by atoms with Crippen molar-refractivity contribution in [3.05, 3.63) is 24.3 Å². The highest BCUT2D eigenvalue weighted by molar-refractivity contribution is 5.76. The van der Waals surface area contributed by atoms with Crippen molar-refractivity contribution in [2.24, 2.45) is 5.73 Å². The van der Waals surface area contributed by atoms with E-state index in [2.05, 4.69) is 31.2 Å². The summed E-state index contributed by atoms with van der Waals surface area (Å²) in [4.78, 5) is 13.7. The van der Waals surface area contributed by atoms with Crippen LogP contribution in [0.5, 0.6) is 0 Å². The molecule has 4 heteroatoms. The normalized spacial score (nSPS) is 17.2. The summed E-state index contributed by atoms with van der Waals surface area (Å²) in [5.41, 5.74) is 5.45. The number of rotatable bonds is 18. The fourth-order valence-electron chi connectivity index (χ4n) is 3.71. The lowest BCUT2D eigenvalue weighted by atomic mass is 10.1. The van der Waals surface area contributed by atoms with Crippen molar-refractivity contribution in [3.63, 3.8) is 0 Å². The fourth-order valence-corrected chi connectivity index (χ4v) is 3.71. The van der Waals surface area contributed by atoms with Gasteiger partial charge in [0, 0.05) is 32.7 Å². The van der Waals surface area contributed by atoms with Gasteiger partial charge < -0.3 is 15.4 Å². The maximum Gasteiger partial charge on any atom is 0.223 e. The van der Waals surface area contributed by atoms with Gasteiger partial charge in [0.15, 0.2) is 0 Å². The summed E-state index contributed by atoms with van der Waals surface area (Å²) in [6, 6.07) is 0. The molecule has 1 atom stereocenters. The molecule has 0 spiro atoms. The Labute approximate surface area is 179 Å². The lowest BCUT2D eigenvalue weighted by molar-refractivity contribution is -0.130. The predicted octanol–water partition coefficient (Wildman–Crippen LogP) is 5.77. The van der Waals surface area contributed by atoms with Crippen LogP contribution < -0.4 is 5.73 Å². The molecule has 1 saturated heterocycles. The van der Waals surface area contributed by atoms with Gasteiger partial charge >= 0.3 is 0 Å². The Balaban J connectivity index is 1.82. The van der Waals surface area contributed by atoms with E-state index in [1.807, 2.05) is 4.90 Å². The number of nitrogens with zero attached hydrogens (tertiary/aromatic N) is 1. The molecule has 0 saturated carbocycles. The minimum Gasteiger partial charge on any atom is -0.376 e. The molecule has 0 aromatic rings. The first-order valence-corrected chi connectivity index (χ1v) is 12.2. The minimum absolute atomic E-state index is 0.173. The Hall–Kier alpha value is -1.13. The van der Waals surface area contributed by atoms with Gasteiger partial charge in [-0.05, 0) is 44.9 Å². The Morgan fingerprint density at radius 2 is 1.62 bits per heavy atom. The molecule has 1 aliphatic rings. The molecule has 1 amide bonds. The van der Waals surface area contributed by atoms with E-state index in [1.54, 1.807) is 0 Å². The van der Waals surface area contributed by atoms with Crippen LogP contribution >= 0.6 is 0 Å². The van der Waals surface area contributed by atoms with E-state index in [1.165, 1.54) is 64.2 Å². The lowest BCUT2D eigenvalue weighted by Gasteiger charge is -2.16. The average Bonchev–Trinajstić information content (AvgIpc) is 3.19. The zero-order valence-corrected chi connectivity index (χ0v) is 19.0. The van der Waals surface area contributed by atoms with Gasteiger partial charge in [0.1, 0.15) is 0 Å². The maximum absolute atomic E-state index is 11.8. The van der Waals surface area contributed by atoms with Crippen LogP contribution in [0.2, 0.25) is 0 Å². The highest BCUT2D eigenvalue weighted by Gasteiger charge is 2.25. The quantitative estimate of drug-likeness (QED) is 0.232. The van der Waals surface area contributed by atoms with E-state index in [0.717, 1.165) is 39.0 Å². The summed E-state index contributed by atoms with van der Waals surface area (Å²) < 4.78 is 5.94. The molecule has 1 aliphatic heterocycles. The van der Waals surface area contributed by atoms with Gasteiger partial charge in [0.2, 0.25) is 5.91 Å². The fraction of sp³-hybridized carbons (Fsp3) is 0.800. The third kappa shape index (κ3) is 14.5. The SMILES string of the molecule is CCCCC/C=C\C/C=C\CCCCCCCCO[C@H]1CCN(C(=O)CCN)C1. The monoisotopic (exact) mass is 406 g/mol. The van der Waals surface area contributed by atoms with Gasteiger partial charge in [-0.2, -0.15) is 0 Å². The zero-order chi connectivity index (χ0) is 21.0. The number of carbonyl (C=O) groups excluding carboxylic acids is 1. The number of nitrogens with two attached hydrogens (primary N) is 1. The first-order chi connectivity index (χ1) is 14.3. The number of carbonyl (C=O) groups is 1. The van der Waals surface area contributed by atoms with Crippen molar-refractivity contribution in [1.82, 2.24) is 4.90 Å². The van der Waals surface area contributed by atoms with Crippen LogP contribution in [0.15, 0.2) is 24.3 Å². The van der Waals surface area contributed by atoms with Crippen LogP contribution in [0.1, 0.15) is 96.8 Å². The van der Waals surface area contributed by atoms with Gasteiger partial charge in [-0.1, -0.05) is 69.8 Å². The van der Waals surface area contributed by atoms with Crippen molar-refractivity contribution in [3.8, 4) is 0 Å². The standard InChI is InChI=1S/C25H46N2O2/c1-2-3-4-5-6-7-8-9-10-11-12-13-14-15-16-17-22-29-24-19-21-27(23-24)25(28)18-20-26/h6-7,9-10,24H,2-5,8,11-23,26H2,1H3/b7-6-,10-9-/t24-/m0/s1. The van der Waals surface area contributed by atoms with Crippen LogP contribution in [0.3, 0.4) is 0 Å². The zero-order valence-electron chi connectivity index (χ0n) is 19.0. The van der Waals surface area contributed by atoms with Crippen LogP contribution in [-0.4, -0.2) is 43.2 Å². The highest BCUT2D eigenvalue weighted by atomic mass is 16.5. The topological polar surface area (TPSA) is 55.6 Å². The van der Waals surface area contributed by atoms with Gasteiger partial charge in [0.05, 0.1) is 6.10 Å². The van der Waals surface area contributed by atoms with Crippen molar-refractivity contribution in [2.75, 3.05) is 26.2 Å². The summed E-state index contributed by atoms with van der Waals surface area (Å²) in [6.45, 7) is 5.10. The Kier molecular flexibility index (Phi) is 16.9. The minimum atomic E-state index is 0.173. The molecule has 0 bridgehead atoms. The number of ether oxygens (including phenoxy) is 1. The molecule has 2 N–H and O–H groups in total. The predicted molar refractivity (Wildman–Crippen MR) is 124 cm³/mol. The Bertz CT molecular complexity index is 448. The van der Waals surface area contributed by atoms with Crippen molar-refractivity contribution in [2.45, 2.75) is 103 Å². The number of amides is 1. The molecule has 0 aliphatic carbocycles. The summed E-state index contributed by atoms with van der Waals surface area (Å²) in [5.74, 6) is 0.173. The smallest absolute Gasteiger partial charge is 0.223 e. The number of allylic oxidation sites excluding steroid dienone is 4. The molecule has 29 heavy (non-hydrogen) atoms. The highest BCUT2D eigenvalue weighted by Crippen LogP contribution is 2.15. The molecule has 168 valence electrons. The third-order valence-corrected chi connectivity index (χ3v) is 5.55. The Morgan fingerprint density at radius 1 is 0.966 bits per heavy atom. The second kappa shape index (κ2) is 18.9. The lowest BCUT2D eigenvalue weighted by Crippen LogP contribution is -2.31. The maximum atomic E-state index is 11.8. The van der Waals surface area contributed by atoms with E-state index in [-0.39, 0.29) is 12.0 Å². The molecule has 4 nitrogen and oxygen atoms in total. The Morgan fingerprint density at radius 3 is 2.31 bits per heavy atom. The molecular formula is C25H46N2O2. The second-order valence-corrected chi connectivity index (χ2v) is 8.24. The van der Waals surface area contributed by atoms with E-state index >= 15 is 0 Å². The van der Waals surface area contributed by atoms with Crippen LogP contribution in [0.4, 0.5) is 0 Å². The van der Waals surface area contributed by atoms with Crippen molar-refractivity contribution < 1.29 is 9.53 Å². The van der Waals surface area contributed by atoms with Crippen molar-refractivity contribution in [1.29, 1.82) is 0 Å². The molecule has 0 aromatic heterocycles. The van der Waals surface area contributed by atoms with Crippen LogP contribution in [0.25, 0.3) is 0 Å². The molecule has 0 radical (unpaired) electrons. The van der Waals surface area contributed by atoms with Gasteiger partial charge in [0.25, 0.3) is 0 Å². The van der Waals surface area contributed by atoms with E-state index in [0.29, 0.717) is 13.0 Å². The molecular weight excluding hydrogens is 360 g/mol. The molecule has 1 heterocycles. The summed E-state index contributed by atoms with van der Waals surface area (Å²) in [6.07, 6.45) is 26.1. The first-order valence-electron chi connectivity index (χ1n) is 12.2. The first kappa shape index (κ1) is 25.9. The van der Waals surface area contributed by atoms with Gasteiger partial charge in [-0.25, -0.2) is 0 Å². The summed E-state index contributed by atoms with van der Waals surface area (Å²) in [5, 5.41) is 0. The molecule has 1 fully saturated rings. The number of unbranched alkanes of at least 4 members (excludes halogenated alkanes) is 9. The number of hydrogen-bond acceptors (Lipinski definition) is 3. The second-order valence-electron chi connectivity index (χ2n) is 8.24. The third-order valence-electron chi connectivity index (χ3n) is 5.55. The summed E-state index contributed by atoms with van der Waals surface area (Å²) >= 11 is 0. The average molecular weight is 407 g/mol. The van der Waals surface area contributed by atoms with Gasteiger partial charge in [-0.3, -0.25) is 4.79 Å².